The summed E-state index contributed by atoms with van der Waals surface area (Å²) in [6, 6.07) is 9.87. The van der Waals surface area contributed by atoms with Gasteiger partial charge in [-0.3, -0.25) is 9.36 Å². The molecule has 1 N–H and O–H groups in total. The first-order chi connectivity index (χ1) is 11.8. The van der Waals surface area contributed by atoms with Gasteiger partial charge < -0.3 is 14.8 Å². The molecule has 8 heteroatoms. The highest BCUT2D eigenvalue weighted by atomic mass is 16.5. The number of aldehydes is 2. The summed E-state index contributed by atoms with van der Waals surface area (Å²) in [5.74, 6) is 0.558. The van der Waals surface area contributed by atoms with E-state index in [0.717, 1.165) is 5.56 Å². The Kier molecular flexibility index (Phi) is 4.87. The zero-order chi connectivity index (χ0) is 16.8. The minimum absolute atomic E-state index is 0.187. The van der Waals surface area contributed by atoms with Gasteiger partial charge in [0.2, 0.25) is 0 Å². The molecule has 0 saturated heterocycles. The van der Waals surface area contributed by atoms with Crippen molar-refractivity contribution in [1.29, 1.82) is 0 Å². The molecule has 0 aliphatic heterocycles. The Balaban J connectivity index is 1.85. The first-order valence-electron chi connectivity index (χ1n) is 7.29. The third-order valence-corrected chi connectivity index (χ3v) is 3.39. The van der Waals surface area contributed by atoms with Gasteiger partial charge in [-0.25, -0.2) is 15.0 Å². The molecule has 0 bridgehead atoms. The summed E-state index contributed by atoms with van der Waals surface area (Å²) in [4.78, 5) is 34.2. The van der Waals surface area contributed by atoms with Crippen molar-refractivity contribution in [1.82, 2.24) is 19.5 Å². The summed E-state index contributed by atoms with van der Waals surface area (Å²) in [5.41, 5.74) is 2.07. The van der Waals surface area contributed by atoms with E-state index in [1.807, 2.05) is 30.3 Å². The van der Waals surface area contributed by atoms with Gasteiger partial charge >= 0.3 is 0 Å². The molecule has 0 aliphatic rings. The fourth-order valence-corrected chi connectivity index (χ4v) is 2.27. The van der Waals surface area contributed by atoms with E-state index in [9.17, 15) is 9.59 Å². The lowest BCUT2D eigenvalue weighted by Gasteiger charge is -2.12. The van der Waals surface area contributed by atoms with Crippen molar-refractivity contribution in [2.24, 2.45) is 0 Å². The van der Waals surface area contributed by atoms with Crippen LogP contribution in [0.1, 0.15) is 11.8 Å². The van der Waals surface area contributed by atoms with Gasteiger partial charge in [0, 0.05) is 6.54 Å². The molecule has 0 amide bonds. The van der Waals surface area contributed by atoms with E-state index in [1.165, 1.54) is 17.2 Å². The molecule has 122 valence electrons. The standard InChI is InChI=1S/C16H15N5O3/c22-6-7-24-13(9-23)21-11-20-14-15(18-10-19-16(14)21)17-8-12-4-2-1-3-5-12/h1-6,9-11,13H,7-8H2,(H,17,18,19). The van der Waals surface area contributed by atoms with Crippen LogP contribution in [0.2, 0.25) is 0 Å². The highest BCUT2D eigenvalue weighted by Gasteiger charge is 2.17. The minimum Gasteiger partial charge on any atom is -0.364 e. The van der Waals surface area contributed by atoms with E-state index in [-0.39, 0.29) is 6.61 Å². The number of rotatable bonds is 8. The number of nitrogens with one attached hydrogen (secondary N) is 1. The second-order valence-electron chi connectivity index (χ2n) is 4.91. The predicted octanol–water partition coefficient (Wildman–Crippen LogP) is 1.35. The molecule has 0 fully saturated rings. The van der Waals surface area contributed by atoms with Gasteiger partial charge in [0.15, 0.2) is 29.5 Å². The number of anilines is 1. The maximum atomic E-state index is 11.2. The Labute approximate surface area is 137 Å². The third kappa shape index (κ3) is 3.28. The molecule has 3 rings (SSSR count). The van der Waals surface area contributed by atoms with Crippen molar-refractivity contribution in [3.63, 3.8) is 0 Å². The molecule has 0 spiro atoms. The smallest absolute Gasteiger partial charge is 0.193 e. The Morgan fingerprint density at radius 3 is 2.75 bits per heavy atom. The van der Waals surface area contributed by atoms with E-state index in [4.69, 9.17) is 4.74 Å². The second kappa shape index (κ2) is 7.42. The number of hydrogen-bond acceptors (Lipinski definition) is 7. The SMILES string of the molecule is O=CCOC(C=O)n1cnc2c(NCc3ccccc3)ncnc21. The van der Waals surface area contributed by atoms with Crippen LogP contribution < -0.4 is 5.32 Å². The molecule has 1 aromatic carbocycles. The van der Waals surface area contributed by atoms with Crippen LogP contribution in [-0.2, 0) is 20.9 Å². The van der Waals surface area contributed by atoms with Crippen LogP contribution in [-0.4, -0.2) is 38.7 Å². The first-order valence-corrected chi connectivity index (χ1v) is 7.29. The zero-order valence-corrected chi connectivity index (χ0v) is 12.7. The largest absolute Gasteiger partial charge is 0.364 e. The first kappa shape index (κ1) is 15.8. The van der Waals surface area contributed by atoms with Crippen LogP contribution in [0.15, 0.2) is 43.0 Å². The van der Waals surface area contributed by atoms with Gasteiger partial charge in [0.25, 0.3) is 0 Å². The molecule has 0 saturated carbocycles. The summed E-state index contributed by atoms with van der Waals surface area (Å²) < 4.78 is 6.63. The Morgan fingerprint density at radius 2 is 2.00 bits per heavy atom. The van der Waals surface area contributed by atoms with Crippen molar-refractivity contribution in [3.05, 3.63) is 48.5 Å². The summed E-state index contributed by atoms with van der Waals surface area (Å²) in [6.45, 7) is 0.395. The summed E-state index contributed by atoms with van der Waals surface area (Å²) in [5, 5.41) is 3.21. The fourth-order valence-electron chi connectivity index (χ4n) is 2.27. The molecule has 2 aromatic heterocycles. The highest BCUT2D eigenvalue weighted by molar-refractivity contribution is 5.83. The molecule has 3 aromatic rings. The Hall–Kier alpha value is -3.13. The van der Waals surface area contributed by atoms with E-state index in [0.29, 0.717) is 36.1 Å². The van der Waals surface area contributed by atoms with Gasteiger partial charge in [0.1, 0.15) is 19.2 Å². The number of aromatic nitrogens is 4. The maximum absolute atomic E-state index is 11.2. The molecule has 8 nitrogen and oxygen atoms in total. The number of carbonyl (C=O) groups excluding carboxylic acids is 2. The molecular formula is C16H15N5O3. The molecule has 0 radical (unpaired) electrons. The van der Waals surface area contributed by atoms with Crippen LogP contribution >= 0.6 is 0 Å². The molecule has 24 heavy (non-hydrogen) atoms. The predicted molar refractivity (Wildman–Crippen MR) is 86.2 cm³/mol. The molecule has 1 unspecified atom stereocenters. The lowest BCUT2D eigenvalue weighted by Crippen LogP contribution is -2.15. The van der Waals surface area contributed by atoms with Crippen molar-refractivity contribution in [3.8, 4) is 0 Å². The van der Waals surface area contributed by atoms with Crippen LogP contribution in [0.25, 0.3) is 11.2 Å². The Bertz CT molecular complexity index is 834. The highest BCUT2D eigenvalue weighted by Crippen LogP contribution is 2.21. The van der Waals surface area contributed by atoms with Crippen molar-refractivity contribution in [2.75, 3.05) is 11.9 Å². The van der Waals surface area contributed by atoms with Gasteiger partial charge in [-0.15, -0.1) is 0 Å². The average Bonchev–Trinajstić information content (AvgIpc) is 3.06. The number of ether oxygens (including phenoxy) is 1. The van der Waals surface area contributed by atoms with Gasteiger partial charge in [-0.1, -0.05) is 30.3 Å². The van der Waals surface area contributed by atoms with Crippen LogP contribution in [0.5, 0.6) is 0 Å². The van der Waals surface area contributed by atoms with Crippen molar-refractivity contribution >= 4 is 29.6 Å². The normalized spacial score (nSPS) is 12.0. The van der Waals surface area contributed by atoms with Crippen LogP contribution in [0.4, 0.5) is 5.82 Å². The lowest BCUT2D eigenvalue weighted by atomic mass is 10.2. The second-order valence-corrected chi connectivity index (χ2v) is 4.91. The van der Waals surface area contributed by atoms with Gasteiger partial charge in [0.05, 0.1) is 6.33 Å². The molecule has 2 heterocycles. The topological polar surface area (TPSA) is 99.0 Å². The van der Waals surface area contributed by atoms with Crippen LogP contribution in [0.3, 0.4) is 0 Å². The van der Waals surface area contributed by atoms with Crippen molar-refractivity contribution < 1.29 is 14.3 Å². The zero-order valence-electron chi connectivity index (χ0n) is 12.7. The molecular weight excluding hydrogens is 310 g/mol. The van der Waals surface area contributed by atoms with E-state index in [2.05, 4.69) is 20.3 Å². The van der Waals surface area contributed by atoms with Gasteiger partial charge in [-0.2, -0.15) is 0 Å². The minimum atomic E-state index is -0.961. The van der Waals surface area contributed by atoms with Gasteiger partial charge in [-0.05, 0) is 5.56 Å². The van der Waals surface area contributed by atoms with Crippen LogP contribution in [0, 0.1) is 0 Å². The number of benzene rings is 1. The molecule has 1 atom stereocenters. The number of imidazole rings is 1. The molecule has 0 aliphatic carbocycles. The number of nitrogens with zero attached hydrogens (tertiary/aromatic N) is 4. The van der Waals surface area contributed by atoms with Crippen molar-refractivity contribution in [2.45, 2.75) is 12.8 Å². The Morgan fingerprint density at radius 1 is 1.17 bits per heavy atom. The summed E-state index contributed by atoms with van der Waals surface area (Å²) in [7, 11) is 0. The summed E-state index contributed by atoms with van der Waals surface area (Å²) >= 11 is 0. The quantitative estimate of drug-likeness (QED) is 0.624. The maximum Gasteiger partial charge on any atom is 0.193 e. The summed E-state index contributed by atoms with van der Waals surface area (Å²) in [6.07, 6.45) is 3.03. The van der Waals surface area contributed by atoms with E-state index >= 15 is 0 Å². The number of carbonyl (C=O) groups is 2. The lowest BCUT2D eigenvalue weighted by molar-refractivity contribution is -0.127. The average molecular weight is 325 g/mol. The number of hydrogen-bond donors (Lipinski definition) is 1. The van der Waals surface area contributed by atoms with E-state index in [1.54, 1.807) is 0 Å². The monoisotopic (exact) mass is 325 g/mol. The number of fused-ring (bicyclic) bond motifs is 1. The third-order valence-electron chi connectivity index (χ3n) is 3.39. The fraction of sp³-hybridized carbons (Fsp3) is 0.188. The van der Waals surface area contributed by atoms with E-state index < -0.39 is 6.23 Å².